The highest BCUT2D eigenvalue weighted by Crippen LogP contribution is 2.39. The van der Waals surface area contributed by atoms with E-state index >= 15 is 0 Å². The van der Waals surface area contributed by atoms with Crippen molar-refractivity contribution in [3.63, 3.8) is 0 Å². The van der Waals surface area contributed by atoms with Gasteiger partial charge in [-0.25, -0.2) is 0 Å². The van der Waals surface area contributed by atoms with Crippen LogP contribution < -0.4 is 0 Å². The molecule has 0 bridgehead atoms. The average Bonchev–Trinajstić information content (AvgIpc) is 3.18. The predicted molar refractivity (Wildman–Crippen MR) is 119 cm³/mol. The number of likely N-dealkylation sites (tertiary alicyclic amines) is 1. The Kier molecular flexibility index (Phi) is 6.00. The molecule has 154 valence electrons. The summed E-state index contributed by atoms with van der Waals surface area (Å²) in [5, 5.41) is 9.07. The lowest BCUT2D eigenvalue weighted by atomic mass is 9.82. The minimum absolute atomic E-state index is 0.225. The van der Waals surface area contributed by atoms with Crippen molar-refractivity contribution in [1.29, 1.82) is 0 Å². The molecule has 0 amide bonds. The number of aryl methyl sites for hydroxylation is 2. The second-order valence-electron chi connectivity index (χ2n) is 8.90. The number of rotatable bonds is 5. The summed E-state index contributed by atoms with van der Waals surface area (Å²) in [4.78, 5) is 2.64. The first-order valence-corrected chi connectivity index (χ1v) is 11.1. The molecule has 2 aromatic rings. The predicted octanol–water partition coefficient (Wildman–Crippen LogP) is 5.71. The molecule has 1 fully saturated rings. The normalized spacial score (nSPS) is 21.6. The number of nitrogens with zero attached hydrogens (tertiary/aromatic N) is 4. The van der Waals surface area contributed by atoms with E-state index in [-0.39, 0.29) is 6.04 Å². The van der Waals surface area contributed by atoms with Gasteiger partial charge in [-0.15, -0.1) is 10.2 Å². The van der Waals surface area contributed by atoms with Crippen molar-refractivity contribution < 1.29 is 0 Å². The molecule has 4 heteroatoms. The summed E-state index contributed by atoms with van der Waals surface area (Å²) in [5.41, 5.74) is 6.59. The Hall–Kier alpha value is -2.20. The summed E-state index contributed by atoms with van der Waals surface area (Å²) >= 11 is 0. The zero-order valence-corrected chi connectivity index (χ0v) is 18.2. The van der Waals surface area contributed by atoms with Gasteiger partial charge in [0.25, 0.3) is 0 Å². The van der Waals surface area contributed by atoms with Crippen molar-refractivity contribution in [2.45, 2.75) is 65.3 Å². The van der Waals surface area contributed by atoms with E-state index in [1.165, 1.54) is 53.6 Å². The summed E-state index contributed by atoms with van der Waals surface area (Å²) in [6, 6.07) is 6.71. The van der Waals surface area contributed by atoms with Gasteiger partial charge in [-0.05, 0) is 88.6 Å². The fraction of sp³-hybridized carbons (Fsp3) is 0.520. The van der Waals surface area contributed by atoms with Crippen molar-refractivity contribution >= 4 is 0 Å². The molecule has 2 aliphatic rings. The molecule has 4 nitrogen and oxygen atoms in total. The van der Waals surface area contributed by atoms with Crippen LogP contribution >= 0.6 is 0 Å². The highest BCUT2D eigenvalue weighted by molar-refractivity contribution is 5.48. The van der Waals surface area contributed by atoms with Crippen LogP contribution in [0.1, 0.15) is 68.4 Å². The Morgan fingerprint density at radius 1 is 1.14 bits per heavy atom. The third kappa shape index (κ3) is 4.09. The van der Waals surface area contributed by atoms with Crippen LogP contribution in [0.25, 0.3) is 5.69 Å². The van der Waals surface area contributed by atoms with E-state index in [0.717, 1.165) is 31.8 Å². The van der Waals surface area contributed by atoms with Gasteiger partial charge in [0.1, 0.15) is 6.33 Å². The molecule has 2 heterocycles. The zero-order valence-electron chi connectivity index (χ0n) is 18.2. The van der Waals surface area contributed by atoms with Gasteiger partial charge in [0.05, 0.1) is 11.7 Å². The number of hydrogen-bond donors (Lipinski definition) is 0. The summed E-state index contributed by atoms with van der Waals surface area (Å²) in [6.07, 6.45) is 11.7. The second-order valence-corrected chi connectivity index (χ2v) is 8.90. The standard InChI is InChI=1S/C25H34N4/c1-18(2)21-11-13-22(14-12-21)24(28-15-6-5-7-16-28)25-27-26-17-29(25)23-19(3)9-8-10-20(23)4/h8-10,13,17,21,24H,1,5-7,11-12,14-16H2,2-4H3. The molecular weight excluding hydrogens is 356 g/mol. The first-order valence-electron chi connectivity index (χ1n) is 11.1. The molecule has 2 unspecified atom stereocenters. The maximum absolute atomic E-state index is 4.69. The Bertz CT molecular complexity index is 881. The van der Waals surface area contributed by atoms with E-state index in [4.69, 9.17) is 5.10 Å². The summed E-state index contributed by atoms with van der Waals surface area (Å²) in [6.45, 7) is 13.0. The van der Waals surface area contributed by atoms with Gasteiger partial charge >= 0.3 is 0 Å². The van der Waals surface area contributed by atoms with Crippen LogP contribution in [0, 0.1) is 19.8 Å². The monoisotopic (exact) mass is 390 g/mol. The summed E-state index contributed by atoms with van der Waals surface area (Å²) in [5.74, 6) is 1.70. The molecule has 29 heavy (non-hydrogen) atoms. The molecule has 1 aromatic carbocycles. The molecule has 2 atom stereocenters. The third-order valence-corrected chi connectivity index (χ3v) is 6.75. The van der Waals surface area contributed by atoms with E-state index in [1.54, 1.807) is 0 Å². The number of hydrogen-bond acceptors (Lipinski definition) is 3. The molecule has 4 rings (SSSR count). The first-order chi connectivity index (χ1) is 14.1. The Morgan fingerprint density at radius 2 is 1.86 bits per heavy atom. The minimum atomic E-state index is 0.225. The van der Waals surface area contributed by atoms with E-state index < -0.39 is 0 Å². The quantitative estimate of drug-likeness (QED) is 0.613. The summed E-state index contributed by atoms with van der Waals surface area (Å²) < 4.78 is 2.25. The van der Waals surface area contributed by atoms with Gasteiger partial charge in [-0.1, -0.05) is 42.8 Å². The maximum Gasteiger partial charge on any atom is 0.159 e. The van der Waals surface area contributed by atoms with E-state index in [9.17, 15) is 0 Å². The van der Waals surface area contributed by atoms with Crippen LogP contribution in [-0.2, 0) is 0 Å². The lowest BCUT2D eigenvalue weighted by molar-refractivity contribution is 0.172. The molecule has 0 spiro atoms. The van der Waals surface area contributed by atoms with Crippen LogP contribution in [0.2, 0.25) is 0 Å². The number of benzene rings is 1. The molecule has 1 saturated heterocycles. The highest BCUT2D eigenvalue weighted by atomic mass is 15.3. The minimum Gasteiger partial charge on any atom is -0.290 e. The number of allylic oxidation sites excluding steroid dienone is 2. The molecule has 1 aliphatic heterocycles. The van der Waals surface area contributed by atoms with Gasteiger partial charge in [0.15, 0.2) is 5.82 Å². The SMILES string of the molecule is C=C(C)C1CC=C(C(c2nncn2-c2c(C)cccc2C)N2CCCCC2)CC1. The number of para-hydroxylation sites is 1. The molecular formula is C25H34N4. The van der Waals surface area contributed by atoms with Crippen LogP contribution in [0.3, 0.4) is 0 Å². The van der Waals surface area contributed by atoms with E-state index in [0.29, 0.717) is 5.92 Å². The molecule has 0 radical (unpaired) electrons. The number of piperidine rings is 1. The first kappa shape index (κ1) is 20.1. The van der Waals surface area contributed by atoms with E-state index in [1.807, 2.05) is 6.33 Å². The fourth-order valence-corrected chi connectivity index (χ4v) is 5.08. The smallest absolute Gasteiger partial charge is 0.159 e. The Labute approximate surface area is 175 Å². The molecule has 0 saturated carbocycles. The van der Waals surface area contributed by atoms with Gasteiger partial charge in [0.2, 0.25) is 0 Å². The number of aromatic nitrogens is 3. The third-order valence-electron chi connectivity index (χ3n) is 6.75. The Morgan fingerprint density at radius 3 is 2.48 bits per heavy atom. The van der Waals surface area contributed by atoms with Gasteiger partial charge in [-0.3, -0.25) is 9.47 Å². The van der Waals surface area contributed by atoms with Crippen LogP contribution in [0.5, 0.6) is 0 Å². The van der Waals surface area contributed by atoms with Crippen molar-refractivity contribution in [1.82, 2.24) is 19.7 Å². The second kappa shape index (κ2) is 8.66. The maximum atomic E-state index is 4.69. The van der Waals surface area contributed by atoms with Crippen LogP contribution in [0.4, 0.5) is 0 Å². The average molecular weight is 391 g/mol. The summed E-state index contributed by atoms with van der Waals surface area (Å²) in [7, 11) is 0. The van der Waals surface area contributed by atoms with Crippen molar-refractivity contribution in [3.8, 4) is 5.69 Å². The lowest BCUT2D eigenvalue weighted by Gasteiger charge is -2.37. The zero-order chi connectivity index (χ0) is 20.4. The van der Waals surface area contributed by atoms with E-state index in [2.05, 4.69) is 66.2 Å². The largest absolute Gasteiger partial charge is 0.290 e. The topological polar surface area (TPSA) is 34.0 Å². The fourth-order valence-electron chi connectivity index (χ4n) is 5.08. The van der Waals surface area contributed by atoms with Crippen LogP contribution in [-0.4, -0.2) is 32.8 Å². The van der Waals surface area contributed by atoms with Gasteiger partial charge < -0.3 is 0 Å². The Balaban J connectivity index is 1.76. The van der Waals surface area contributed by atoms with Crippen molar-refractivity contribution in [2.75, 3.05) is 13.1 Å². The molecule has 1 aliphatic carbocycles. The van der Waals surface area contributed by atoms with Gasteiger partial charge in [0, 0.05) is 0 Å². The molecule has 1 aromatic heterocycles. The van der Waals surface area contributed by atoms with Crippen LogP contribution in [0.15, 0.2) is 48.3 Å². The van der Waals surface area contributed by atoms with Crippen molar-refractivity contribution in [3.05, 3.63) is 65.3 Å². The van der Waals surface area contributed by atoms with Crippen molar-refractivity contribution in [2.24, 2.45) is 5.92 Å². The molecule has 0 N–H and O–H groups in total. The highest BCUT2D eigenvalue weighted by Gasteiger charge is 2.32. The lowest BCUT2D eigenvalue weighted by Crippen LogP contribution is -2.36. The van der Waals surface area contributed by atoms with Gasteiger partial charge in [-0.2, -0.15) is 0 Å².